The third kappa shape index (κ3) is 2.54. The molecule has 1 aromatic carbocycles. The number of phenolic OH excluding ortho intramolecular Hbond substituents is 1. The number of phenols is 1. The molecule has 2 aliphatic heterocycles. The summed E-state index contributed by atoms with van der Waals surface area (Å²) in [7, 11) is 0. The lowest BCUT2D eigenvalue weighted by molar-refractivity contribution is -0.149. The molecule has 0 radical (unpaired) electrons. The van der Waals surface area contributed by atoms with Crippen LogP contribution >= 0.6 is 23.1 Å². The van der Waals surface area contributed by atoms with Crippen molar-refractivity contribution in [2.75, 3.05) is 6.54 Å². The van der Waals surface area contributed by atoms with Crippen molar-refractivity contribution in [3.05, 3.63) is 44.4 Å². The number of aromatic amines is 1. The highest BCUT2D eigenvalue weighted by Gasteiger charge is 2.69. The average molecular weight is 459 g/mol. The van der Waals surface area contributed by atoms with Crippen LogP contribution in [0.3, 0.4) is 0 Å². The minimum absolute atomic E-state index is 0.0311. The van der Waals surface area contributed by atoms with E-state index in [1.807, 2.05) is 12.1 Å². The van der Waals surface area contributed by atoms with E-state index in [1.165, 1.54) is 11.3 Å². The molecular weight excluding hydrogens is 440 g/mol. The van der Waals surface area contributed by atoms with Gasteiger partial charge in [-0.05, 0) is 41.9 Å². The minimum Gasteiger partial charge on any atom is -0.508 e. The minimum atomic E-state index is -1.19. The molecule has 2 amide bonds. The van der Waals surface area contributed by atoms with Gasteiger partial charge in [-0.2, -0.15) is 0 Å². The normalized spacial score (nSPS) is 35.2. The van der Waals surface area contributed by atoms with Crippen LogP contribution in [0.5, 0.6) is 5.75 Å². The molecule has 3 heterocycles. The molecule has 2 aliphatic carbocycles. The average Bonchev–Trinajstić information content (AvgIpc) is 3.44. The van der Waals surface area contributed by atoms with Crippen molar-refractivity contribution in [2.45, 2.75) is 22.6 Å². The summed E-state index contributed by atoms with van der Waals surface area (Å²) in [5.41, 5.74) is 0.966. The number of carbonyl (C=O) groups excluding carboxylic acids is 2. The Balaban J connectivity index is 1.45. The number of nitrogens with zero attached hydrogens (tertiary/aromatic N) is 1. The van der Waals surface area contributed by atoms with Gasteiger partial charge < -0.3 is 15.2 Å². The van der Waals surface area contributed by atoms with Crippen LogP contribution in [0.25, 0.3) is 0 Å². The van der Waals surface area contributed by atoms with Crippen molar-refractivity contribution >= 4 is 40.9 Å². The predicted molar refractivity (Wildman–Crippen MR) is 111 cm³/mol. The van der Waals surface area contributed by atoms with E-state index >= 15 is 0 Å². The number of thioether (sulfide) groups is 1. The first kappa shape index (κ1) is 19.1. The molecule has 3 N–H and O–H groups in total. The Morgan fingerprint density at radius 1 is 1.10 bits per heavy atom. The van der Waals surface area contributed by atoms with Crippen LogP contribution in [0.1, 0.15) is 22.8 Å². The lowest BCUT2D eigenvalue weighted by Gasteiger charge is -2.43. The Bertz CT molecular complexity index is 1190. The van der Waals surface area contributed by atoms with Gasteiger partial charge in [-0.15, -0.1) is 11.8 Å². The fourth-order valence-corrected chi connectivity index (χ4v) is 9.31. The molecular formula is C21H18N2O6S2. The second-order valence-corrected chi connectivity index (χ2v) is 10.9. The molecule has 31 heavy (non-hydrogen) atoms. The second-order valence-electron chi connectivity index (χ2n) is 8.71. The Morgan fingerprint density at radius 2 is 1.77 bits per heavy atom. The standard InChI is InChI=1S/C21H18N2O6S2/c24-8-3-1-7(2-4-8)12-13-9-5-10(16(13)30-18-17(12)31-21(29)22-18)15-14(9)19(27)23(20(15)28)6-11(25)26/h1-4,9-10,12-16,24H,5-6H2,(H,22,29)(H,25,26)/t9-,10-,12-,13+,14-,15+,16-/m1/s1. The molecule has 4 aliphatic rings. The van der Waals surface area contributed by atoms with E-state index in [4.69, 9.17) is 5.11 Å². The van der Waals surface area contributed by atoms with Crippen molar-refractivity contribution in [2.24, 2.45) is 29.6 Å². The molecule has 8 nitrogen and oxygen atoms in total. The maximum absolute atomic E-state index is 13.1. The monoisotopic (exact) mass is 458 g/mol. The van der Waals surface area contributed by atoms with Gasteiger partial charge in [-0.1, -0.05) is 23.5 Å². The number of carbonyl (C=O) groups is 3. The van der Waals surface area contributed by atoms with Gasteiger partial charge in [0.05, 0.1) is 16.9 Å². The molecule has 160 valence electrons. The number of benzene rings is 1. The van der Waals surface area contributed by atoms with E-state index < -0.39 is 24.3 Å². The summed E-state index contributed by atoms with van der Waals surface area (Å²) in [5, 5.41) is 19.8. The predicted octanol–water partition coefficient (Wildman–Crippen LogP) is 1.70. The number of aliphatic carboxylic acids is 1. The highest BCUT2D eigenvalue weighted by atomic mass is 32.2. The van der Waals surface area contributed by atoms with Crippen LogP contribution < -0.4 is 4.87 Å². The van der Waals surface area contributed by atoms with Crippen molar-refractivity contribution in [1.29, 1.82) is 0 Å². The number of nitrogens with one attached hydrogen (secondary N) is 1. The first-order valence-electron chi connectivity index (χ1n) is 10.1. The summed E-state index contributed by atoms with van der Waals surface area (Å²) in [4.78, 5) is 54.1. The molecule has 2 bridgehead atoms. The quantitative estimate of drug-likeness (QED) is 0.597. The van der Waals surface area contributed by atoms with Crippen LogP contribution in [0.4, 0.5) is 0 Å². The van der Waals surface area contributed by atoms with E-state index in [-0.39, 0.29) is 51.4 Å². The van der Waals surface area contributed by atoms with Crippen molar-refractivity contribution in [3.8, 4) is 5.75 Å². The zero-order chi connectivity index (χ0) is 21.6. The van der Waals surface area contributed by atoms with Crippen LogP contribution in [0, 0.1) is 29.6 Å². The SMILES string of the molecule is O=C(O)CN1C(=O)[C@@H]2[C@@H]3C[C@@H]([C@H]4Sc5[nH]c(=O)sc5[C@H](c5ccc(O)cc5)[C@H]34)[C@@H]2C1=O. The molecule has 10 heteroatoms. The Labute approximate surface area is 184 Å². The summed E-state index contributed by atoms with van der Waals surface area (Å²) < 4.78 is 0. The van der Waals surface area contributed by atoms with Crippen LogP contribution in [0.2, 0.25) is 0 Å². The Morgan fingerprint density at radius 3 is 2.45 bits per heavy atom. The fourth-order valence-electron chi connectivity index (χ4n) is 6.42. The zero-order valence-corrected chi connectivity index (χ0v) is 17.7. The number of carboxylic acid groups (broad SMARTS) is 1. The highest BCUT2D eigenvalue weighted by Crippen LogP contribution is 2.68. The van der Waals surface area contributed by atoms with E-state index in [2.05, 4.69) is 4.98 Å². The van der Waals surface area contributed by atoms with Crippen LogP contribution in [-0.4, -0.2) is 49.7 Å². The van der Waals surface area contributed by atoms with Gasteiger partial charge >= 0.3 is 10.8 Å². The lowest BCUT2D eigenvalue weighted by atomic mass is 9.68. The third-order valence-electron chi connectivity index (χ3n) is 7.36. The third-order valence-corrected chi connectivity index (χ3v) is 9.95. The van der Waals surface area contributed by atoms with Crippen molar-refractivity contribution in [1.82, 2.24) is 9.88 Å². The summed E-state index contributed by atoms with van der Waals surface area (Å²) in [6, 6.07) is 6.94. The number of aromatic hydroxyl groups is 1. The summed E-state index contributed by atoms with van der Waals surface area (Å²) in [5.74, 6) is -2.87. The second kappa shape index (κ2) is 6.46. The van der Waals surface area contributed by atoms with Gasteiger partial charge in [-0.25, -0.2) is 0 Å². The largest absolute Gasteiger partial charge is 0.508 e. The molecule has 0 unspecified atom stereocenters. The molecule has 3 fully saturated rings. The maximum Gasteiger partial charge on any atom is 0.323 e. The Kier molecular flexibility index (Phi) is 3.98. The summed E-state index contributed by atoms with van der Waals surface area (Å²) >= 11 is 2.76. The van der Waals surface area contributed by atoms with E-state index in [1.54, 1.807) is 23.9 Å². The zero-order valence-electron chi connectivity index (χ0n) is 16.1. The number of amides is 2. The topological polar surface area (TPSA) is 128 Å². The first-order valence-corrected chi connectivity index (χ1v) is 11.8. The van der Waals surface area contributed by atoms with Gasteiger partial charge in [-0.3, -0.25) is 24.1 Å². The smallest absolute Gasteiger partial charge is 0.323 e. The molecule has 1 saturated heterocycles. The van der Waals surface area contributed by atoms with Gasteiger partial charge in [0.2, 0.25) is 11.8 Å². The number of hydrogen-bond donors (Lipinski definition) is 3. The van der Waals surface area contributed by atoms with Gasteiger partial charge in [0, 0.05) is 16.0 Å². The number of H-pyrrole nitrogens is 1. The number of thiazole rings is 1. The molecule has 2 aromatic rings. The van der Waals surface area contributed by atoms with E-state index in [9.17, 15) is 24.3 Å². The fraction of sp³-hybridized carbons (Fsp3) is 0.429. The van der Waals surface area contributed by atoms with Crippen molar-refractivity contribution in [3.63, 3.8) is 0 Å². The highest BCUT2D eigenvalue weighted by molar-refractivity contribution is 8.00. The number of likely N-dealkylation sites (tertiary alicyclic amines) is 1. The number of fused-ring (bicyclic) bond motifs is 9. The van der Waals surface area contributed by atoms with Gasteiger partial charge in [0.15, 0.2) is 0 Å². The Hall–Kier alpha value is -2.59. The number of imide groups is 1. The lowest BCUT2D eigenvalue weighted by Crippen LogP contribution is -2.42. The van der Waals surface area contributed by atoms with Gasteiger partial charge in [0.1, 0.15) is 12.3 Å². The van der Waals surface area contributed by atoms with E-state index in [0.29, 0.717) is 0 Å². The number of carboxylic acids is 1. The number of aromatic nitrogens is 1. The van der Waals surface area contributed by atoms with E-state index in [0.717, 1.165) is 26.8 Å². The summed E-state index contributed by atoms with van der Waals surface area (Å²) in [6.07, 6.45) is 0.754. The number of rotatable bonds is 3. The summed E-state index contributed by atoms with van der Waals surface area (Å²) in [6.45, 7) is -0.589. The molecule has 2 saturated carbocycles. The molecule has 7 atom stereocenters. The van der Waals surface area contributed by atoms with Crippen LogP contribution in [-0.2, 0) is 14.4 Å². The number of hydrogen-bond acceptors (Lipinski definition) is 7. The molecule has 1 aromatic heterocycles. The van der Waals surface area contributed by atoms with Crippen molar-refractivity contribution < 1.29 is 24.6 Å². The van der Waals surface area contributed by atoms with Crippen LogP contribution in [0.15, 0.2) is 34.1 Å². The molecule has 0 spiro atoms. The first-order chi connectivity index (χ1) is 14.8. The molecule has 6 rings (SSSR count). The van der Waals surface area contributed by atoms with Gasteiger partial charge in [0.25, 0.3) is 0 Å². The maximum atomic E-state index is 13.1.